The van der Waals surface area contributed by atoms with Gasteiger partial charge in [-0.05, 0) is 74.3 Å². The van der Waals surface area contributed by atoms with Crippen molar-refractivity contribution in [3.8, 4) is 0 Å². The van der Waals surface area contributed by atoms with E-state index in [-0.39, 0.29) is 33.7 Å². The maximum atomic E-state index is 12.5. The lowest BCUT2D eigenvalue weighted by Gasteiger charge is -2.63. The fourth-order valence-electron chi connectivity index (χ4n) is 7.63. The van der Waals surface area contributed by atoms with E-state index in [1.165, 1.54) is 5.57 Å². The highest BCUT2D eigenvalue weighted by Gasteiger charge is 2.70. The third kappa shape index (κ3) is 2.37. The number of hydrogen-bond acceptors (Lipinski definition) is 4. The molecule has 0 aromatic rings. The lowest BCUT2D eigenvalue weighted by molar-refractivity contribution is -0.173. The van der Waals surface area contributed by atoms with Crippen molar-refractivity contribution in [1.82, 2.24) is 0 Å². The largest absolute Gasteiger partial charge is 0.400 e. The van der Waals surface area contributed by atoms with E-state index in [1.807, 2.05) is 6.08 Å². The molecule has 0 aliphatic heterocycles. The Morgan fingerprint density at radius 2 is 1.71 bits per heavy atom. The summed E-state index contributed by atoms with van der Waals surface area (Å²) >= 11 is 0. The normalized spacial score (nSPS) is 49.2. The Bertz CT molecular complexity index is 752. The molecule has 0 spiro atoms. The third-order valence-corrected chi connectivity index (χ3v) is 9.49. The molecular formula is C24H36O4. The van der Waals surface area contributed by atoms with Crippen LogP contribution in [0.5, 0.6) is 0 Å². The zero-order chi connectivity index (χ0) is 21.1. The maximum absolute atomic E-state index is 12.5. The molecule has 0 heterocycles. The zero-order valence-corrected chi connectivity index (χ0v) is 18.2. The van der Waals surface area contributed by atoms with Gasteiger partial charge in [-0.15, -0.1) is 0 Å². The predicted octanol–water partition coefficient (Wildman–Crippen LogP) is 3.86. The summed E-state index contributed by atoms with van der Waals surface area (Å²) in [7, 11) is 1.00. The van der Waals surface area contributed by atoms with Crippen molar-refractivity contribution >= 4 is 11.6 Å². The van der Waals surface area contributed by atoms with Crippen LogP contribution in [-0.2, 0) is 9.59 Å². The summed E-state index contributed by atoms with van der Waals surface area (Å²) < 4.78 is 0. The van der Waals surface area contributed by atoms with Gasteiger partial charge in [-0.3, -0.25) is 9.59 Å². The molecule has 0 bridgehead atoms. The van der Waals surface area contributed by atoms with E-state index in [2.05, 4.69) is 33.8 Å². The van der Waals surface area contributed by atoms with Gasteiger partial charge in [0.2, 0.25) is 0 Å². The molecule has 2 N–H and O–H groups in total. The van der Waals surface area contributed by atoms with E-state index in [0.717, 1.165) is 39.2 Å². The van der Waals surface area contributed by atoms with Crippen molar-refractivity contribution in [2.24, 2.45) is 34.0 Å². The van der Waals surface area contributed by atoms with E-state index in [4.69, 9.17) is 5.11 Å². The fourth-order valence-corrected chi connectivity index (χ4v) is 7.63. The van der Waals surface area contributed by atoms with Gasteiger partial charge in [-0.2, -0.15) is 0 Å². The summed E-state index contributed by atoms with van der Waals surface area (Å²) in [6.45, 7) is 10.5. The second kappa shape index (κ2) is 6.63. The summed E-state index contributed by atoms with van der Waals surface area (Å²) in [6, 6.07) is 0. The van der Waals surface area contributed by atoms with Crippen molar-refractivity contribution in [2.75, 3.05) is 7.11 Å². The van der Waals surface area contributed by atoms with Crippen molar-refractivity contribution in [1.29, 1.82) is 0 Å². The zero-order valence-electron chi connectivity index (χ0n) is 18.2. The molecular weight excluding hydrogens is 352 g/mol. The summed E-state index contributed by atoms with van der Waals surface area (Å²) in [5.41, 5.74) is -0.283. The molecule has 4 rings (SSSR count). The number of rotatable bonds is 1. The van der Waals surface area contributed by atoms with Gasteiger partial charge in [0.1, 0.15) is 5.60 Å². The first-order valence-corrected chi connectivity index (χ1v) is 10.6. The number of aliphatic hydroxyl groups excluding tert-OH is 1. The van der Waals surface area contributed by atoms with Crippen LogP contribution in [0, 0.1) is 34.0 Å². The number of allylic oxidation sites excluding steroid dienone is 4. The summed E-state index contributed by atoms with van der Waals surface area (Å²) in [5.74, 6) is 0.877. The number of carbonyl (C=O) groups is 2. The highest BCUT2D eigenvalue weighted by atomic mass is 16.3. The van der Waals surface area contributed by atoms with Gasteiger partial charge in [0.25, 0.3) is 0 Å². The molecule has 156 valence electrons. The Labute approximate surface area is 169 Å². The monoisotopic (exact) mass is 388 g/mol. The molecule has 3 saturated carbocycles. The first-order chi connectivity index (χ1) is 13.0. The van der Waals surface area contributed by atoms with Crippen LogP contribution >= 0.6 is 0 Å². The molecule has 0 saturated heterocycles. The second-order valence-corrected chi connectivity index (χ2v) is 10.2. The molecule has 0 aromatic carbocycles. The number of carbonyl (C=O) groups excluding carboxylic acids is 2. The van der Waals surface area contributed by atoms with Gasteiger partial charge < -0.3 is 10.2 Å². The molecule has 0 amide bonds. The van der Waals surface area contributed by atoms with Gasteiger partial charge in [0.15, 0.2) is 11.6 Å². The van der Waals surface area contributed by atoms with Crippen molar-refractivity contribution in [3.05, 3.63) is 23.8 Å². The molecule has 28 heavy (non-hydrogen) atoms. The number of ketones is 2. The number of hydrogen-bond donors (Lipinski definition) is 2. The van der Waals surface area contributed by atoms with Crippen LogP contribution in [0.15, 0.2) is 23.8 Å². The molecule has 3 fully saturated rings. The van der Waals surface area contributed by atoms with E-state index in [1.54, 1.807) is 13.0 Å². The summed E-state index contributed by atoms with van der Waals surface area (Å²) in [5, 5.41) is 18.5. The smallest absolute Gasteiger partial charge is 0.178 e. The molecule has 7 unspecified atom stereocenters. The summed E-state index contributed by atoms with van der Waals surface area (Å²) in [6.07, 6.45) is 10.5. The average Bonchev–Trinajstić information content (AvgIpc) is 2.87. The molecule has 4 aliphatic carbocycles. The number of aliphatic hydroxyl groups is 2. The topological polar surface area (TPSA) is 74.6 Å². The number of fused-ring (bicyclic) bond motifs is 5. The van der Waals surface area contributed by atoms with E-state index >= 15 is 0 Å². The average molecular weight is 389 g/mol. The molecule has 4 aliphatic rings. The fraction of sp³-hybridized carbons (Fsp3) is 0.750. The predicted molar refractivity (Wildman–Crippen MR) is 110 cm³/mol. The SMILES string of the molecule is CC(=O)C1(O)C(C)CC2C3CCC4=CC(=O)C=CC4(C)C3(C)CCC21C.CO. The van der Waals surface area contributed by atoms with Gasteiger partial charge >= 0.3 is 0 Å². The van der Waals surface area contributed by atoms with Crippen molar-refractivity contribution in [2.45, 2.75) is 72.3 Å². The van der Waals surface area contributed by atoms with Gasteiger partial charge in [-0.1, -0.05) is 39.3 Å². The lowest BCUT2D eigenvalue weighted by atomic mass is 9.40. The first kappa shape index (κ1) is 21.4. The first-order valence-electron chi connectivity index (χ1n) is 10.6. The standard InChI is InChI=1S/C23H32O3.CH4O/c1-14-12-19-18-7-6-16-13-17(25)8-9-20(16,3)21(18,4)10-11-22(19,5)23(14,26)15(2)24;1-2/h8-9,13-14,18-19,26H,6-7,10-12H2,1-5H3;2H,1H3. The second-order valence-electron chi connectivity index (χ2n) is 10.2. The van der Waals surface area contributed by atoms with Crippen LogP contribution in [0.2, 0.25) is 0 Å². The van der Waals surface area contributed by atoms with Crippen molar-refractivity contribution < 1.29 is 19.8 Å². The Balaban J connectivity index is 0.00000109. The van der Waals surface area contributed by atoms with Crippen LogP contribution in [0.4, 0.5) is 0 Å². The Hall–Kier alpha value is -1.26. The molecule has 4 heteroatoms. The maximum Gasteiger partial charge on any atom is 0.178 e. The summed E-state index contributed by atoms with van der Waals surface area (Å²) in [4.78, 5) is 24.4. The minimum atomic E-state index is -1.20. The Kier molecular flexibility index (Phi) is 5.08. The van der Waals surface area contributed by atoms with Crippen LogP contribution in [-0.4, -0.2) is 34.5 Å². The third-order valence-electron chi connectivity index (χ3n) is 9.49. The highest BCUT2D eigenvalue weighted by Crippen LogP contribution is 2.72. The minimum Gasteiger partial charge on any atom is -0.400 e. The molecule has 0 radical (unpaired) electrons. The van der Waals surface area contributed by atoms with Gasteiger partial charge in [-0.25, -0.2) is 0 Å². The van der Waals surface area contributed by atoms with Crippen LogP contribution in [0.25, 0.3) is 0 Å². The molecule has 0 aromatic heterocycles. The quantitative estimate of drug-likeness (QED) is 0.715. The highest BCUT2D eigenvalue weighted by molar-refractivity contribution is 6.01. The van der Waals surface area contributed by atoms with Crippen molar-refractivity contribution in [3.63, 3.8) is 0 Å². The van der Waals surface area contributed by atoms with Crippen LogP contribution in [0.1, 0.15) is 66.7 Å². The van der Waals surface area contributed by atoms with Crippen LogP contribution < -0.4 is 0 Å². The molecule has 7 atom stereocenters. The van der Waals surface area contributed by atoms with E-state index < -0.39 is 5.60 Å². The van der Waals surface area contributed by atoms with Crippen LogP contribution in [0.3, 0.4) is 0 Å². The Morgan fingerprint density at radius 3 is 2.32 bits per heavy atom. The number of Topliss-reactive ketones (excluding diaryl/α,β-unsaturated/α-hetero) is 1. The van der Waals surface area contributed by atoms with E-state index in [0.29, 0.717) is 11.8 Å². The van der Waals surface area contributed by atoms with Gasteiger partial charge in [0.05, 0.1) is 0 Å². The Morgan fingerprint density at radius 1 is 1.11 bits per heavy atom. The van der Waals surface area contributed by atoms with Gasteiger partial charge in [0, 0.05) is 17.9 Å². The van der Waals surface area contributed by atoms with E-state index in [9.17, 15) is 14.7 Å². The molecule has 4 nitrogen and oxygen atoms in total. The lowest BCUT2D eigenvalue weighted by Crippen LogP contribution is -2.61. The minimum absolute atomic E-state index is 0.00516.